The van der Waals surface area contributed by atoms with E-state index in [9.17, 15) is 4.79 Å². The Balaban J connectivity index is 1.86. The molecule has 1 amide bonds. The molecule has 0 spiro atoms. The number of hydrogen-bond donors (Lipinski definition) is 1. The summed E-state index contributed by atoms with van der Waals surface area (Å²) in [6.45, 7) is 11.2. The highest BCUT2D eigenvalue weighted by molar-refractivity contribution is 5.68. The number of rotatable bonds is 3. The third-order valence-corrected chi connectivity index (χ3v) is 4.05. The fourth-order valence-corrected chi connectivity index (χ4v) is 2.91. The highest BCUT2D eigenvalue weighted by Gasteiger charge is 2.32. The zero-order valence-electron chi connectivity index (χ0n) is 13.5. The predicted molar refractivity (Wildman–Crippen MR) is 81.1 cm³/mol. The molecule has 0 aromatic carbocycles. The van der Waals surface area contributed by atoms with Crippen molar-refractivity contribution in [2.75, 3.05) is 45.9 Å². The quantitative estimate of drug-likeness (QED) is 0.839. The highest BCUT2D eigenvalue weighted by atomic mass is 16.6. The topological polar surface area (TPSA) is 68.0 Å². The Morgan fingerprint density at radius 2 is 2.14 bits per heavy atom. The van der Waals surface area contributed by atoms with Crippen molar-refractivity contribution in [2.45, 2.75) is 38.8 Å². The van der Waals surface area contributed by atoms with Gasteiger partial charge < -0.3 is 20.1 Å². The van der Waals surface area contributed by atoms with Gasteiger partial charge in [0.2, 0.25) is 0 Å². The van der Waals surface area contributed by atoms with Gasteiger partial charge in [-0.25, -0.2) is 4.79 Å². The van der Waals surface area contributed by atoms with Gasteiger partial charge in [-0.3, -0.25) is 4.90 Å². The molecule has 2 unspecified atom stereocenters. The minimum Gasteiger partial charge on any atom is -0.444 e. The molecule has 2 rings (SSSR count). The summed E-state index contributed by atoms with van der Waals surface area (Å²) in [6, 6.07) is 0.215. The third kappa shape index (κ3) is 4.83. The van der Waals surface area contributed by atoms with Crippen molar-refractivity contribution in [3.05, 3.63) is 0 Å². The molecule has 2 atom stereocenters. The van der Waals surface area contributed by atoms with Crippen LogP contribution >= 0.6 is 0 Å². The summed E-state index contributed by atoms with van der Waals surface area (Å²) >= 11 is 0. The summed E-state index contributed by atoms with van der Waals surface area (Å²) in [7, 11) is 0. The Bertz CT molecular complexity index is 351. The molecule has 0 bridgehead atoms. The van der Waals surface area contributed by atoms with Gasteiger partial charge in [0.05, 0.1) is 6.61 Å². The maximum atomic E-state index is 12.2. The van der Waals surface area contributed by atoms with Crippen LogP contribution in [0.15, 0.2) is 0 Å². The van der Waals surface area contributed by atoms with E-state index in [-0.39, 0.29) is 12.1 Å². The molecule has 2 aliphatic rings. The Morgan fingerprint density at radius 1 is 1.38 bits per heavy atom. The molecule has 0 saturated carbocycles. The first-order valence-corrected chi connectivity index (χ1v) is 7.89. The van der Waals surface area contributed by atoms with Gasteiger partial charge in [0, 0.05) is 45.4 Å². The lowest BCUT2D eigenvalue weighted by Crippen LogP contribution is -2.58. The third-order valence-electron chi connectivity index (χ3n) is 4.05. The summed E-state index contributed by atoms with van der Waals surface area (Å²) in [4.78, 5) is 16.3. The van der Waals surface area contributed by atoms with Crippen LogP contribution in [-0.2, 0) is 9.47 Å². The number of nitrogens with two attached hydrogens (primary N) is 1. The Kier molecular flexibility index (Phi) is 5.46. The molecule has 122 valence electrons. The minimum absolute atomic E-state index is 0.215. The number of carbonyl (C=O) groups excluding carboxylic acids is 1. The molecular weight excluding hydrogens is 270 g/mol. The van der Waals surface area contributed by atoms with Crippen LogP contribution in [0.1, 0.15) is 27.2 Å². The molecule has 0 radical (unpaired) electrons. The lowest BCUT2D eigenvalue weighted by atomic mass is 10.1. The molecule has 2 N–H and O–H groups in total. The lowest BCUT2D eigenvalue weighted by molar-refractivity contribution is 0.00223. The Hall–Kier alpha value is -0.850. The van der Waals surface area contributed by atoms with Gasteiger partial charge in [-0.1, -0.05) is 0 Å². The summed E-state index contributed by atoms with van der Waals surface area (Å²) in [5, 5.41) is 0. The average Bonchev–Trinajstić information content (AvgIpc) is 2.90. The molecule has 2 aliphatic heterocycles. The second-order valence-electron chi connectivity index (χ2n) is 7.04. The van der Waals surface area contributed by atoms with E-state index >= 15 is 0 Å². The lowest BCUT2D eigenvalue weighted by Gasteiger charge is -2.42. The van der Waals surface area contributed by atoms with Crippen LogP contribution in [0.4, 0.5) is 4.79 Å². The van der Waals surface area contributed by atoms with Gasteiger partial charge in [-0.2, -0.15) is 0 Å². The fraction of sp³-hybridized carbons (Fsp3) is 0.933. The van der Waals surface area contributed by atoms with E-state index in [0.717, 1.165) is 32.7 Å². The van der Waals surface area contributed by atoms with Crippen LogP contribution in [0, 0.1) is 5.92 Å². The van der Waals surface area contributed by atoms with Crippen molar-refractivity contribution in [2.24, 2.45) is 11.7 Å². The second kappa shape index (κ2) is 6.94. The van der Waals surface area contributed by atoms with Gasteiger partial charge in [0.15, 0.2) is 0 Å². The van der Waals surface area contributed by atoms with Gasteiger partial charge in [0.1, 0.15) is 5.60 Å². The molecular formula is C15H29N3O3. The van der Waals surface area contributed by atoms with Crippen molar-refractivity contribution in [3.63, 3.8) is 0 Å². The number of carbonyl (C=O) groups is 1. The fourth-order valence-electron chi connectivity index (χ4n) is 2.91. The van der Waals surface area contributed by atoms with E-state index in [1.54, 1.807) is 4.90 Å². The van der Waals surface area contributed by atoms with Crippen molar-refractivity contribution in [3.8, 4) is 0 Å². The van der Waals surface area contributed by atoms with Crippen molar-refractivity contribution in [1.29, 1.82) is 0 Å². The monoisotopic (exact) mass is 299 g/mol. The van der Waals surface area contributed by atoms with Crippen molar-refractivity contribution < 1.29 is 14.3 Å². The molecule has 2 heterocycles. The first-order chi connectivity index (χ1) is 9.89. The van der Waals surface area contributed by atoms with E-state index in [1.165, 1.54) is 0 Å². The van der Waals surface area contributed by atoms with Gasteiger partial charge in [0.25, 0.3) is 0 Å². The number of amides is 1. The number of nitrogens with zero attached hydrogens (tertiary/aromatic N) is 2. The smallest absolute Gasteiger partial charge is 0.410 e. The van der Waals surface area contributed by atoms with Crippen LogP contribution < -0.4 is 5.73 Å². The summed E-state index contributed by atoms with van der Waals surface area (Å²) < 4.78 is 10.9. The number of piperazine rings is 1. The highest BCUT2D eigenvalue weighted by Crippen LogP contribution is 2.19. The number of ether oxygens (including phenoxy) is 2. The molecule has 6 heteroatoms. The van der Waals surface area contributed by atoms with Crippen molar-refractivity contribution in [1.82, 2.24) is 9.80 Å². The van der Waals surface area contributed by atoms with E-state index in [1.807, 2.05) is 20.8 Å². The van der Waals surface area contributed by atoms with E-state index in [4.69, 9.17) is 15.2 Å². The summed E-state index contributed by atoms with van der Waals surface area (Å²) in [5.74, 6) is 0.604. The predicted octanol–water partition coefficient (Wildman–Crippen LogP) is 0.903. The molecule has 6 nitrogen and oxygen atoms in total. The zero-order valence-corrected chi connectivity index (χ0v) is 13.5. The van der Waals surface area contributed by atoms with E-state index in [0.29, 0.717) is 25.6 Å². The molecule has 0 aliphatic carbocycles. The minimum atomic E-state index is -0.451. The Labute approximate surface area is 127 Å². The molecule has 2 saturated heterocycles. The van der Waals surface area contributed by atoms with Crippen LogP contribution in [0.2, 0.25) is 0 Å². The van der Waals surface area contributed by atoms with Crippen LogP contribution in [-0.4, -0.2) is 73.5 Å². The molecule has 2 fully saturated rings. The largest absolute Gasteiger partial charge is 0.444 e. The second-order valence-corrected chi connectivity index (χ2v) is 7.04. The van der Waals surface area contributed by atoms with Crippen molar-refractivity contribution >= 4 is 6.09 Å². The van der Waals surface area contributed by atoms with Gasteiger partial charge in [-0.15, -0.1) is 0 Å². The average molecular weight is 299 g/mol. The van der Waals surface area contributed by atoms with Gasteiger partial charge >= 0.3 is 6.09 Å². The van der Waals surface area contributed by atoms with Crippen LogP contribution in [0.25, 0.3) is 0 Å². The zero-order chi connectivity index (χ0) is 15.5. The molecule has 0 aromatic rings. The maximum absolute atomic E-state index is 12.2. The van der Waals surface area contributed by atoms with Crippen LogP contribution in [0.5, 0.6) is 0 Å². The first kappa shape index (κ1) is 16.5. The summed E-state index contributed by atoms with van der Waals surface area (Å²) in [6.07, 6.45) is 0.897. The number of hydrogen-bond acceptors (Lipinski definition) is 5. The standard InChI is InChI=1S/C15H29N3O3/c1-15(2,3)21-14(19)18-6-5-17(13(8-16)10-18)9-12-4-7-20-11-12/h12-13H,4-11,16H2,1-3H3. The summed E-state index contributed by atoms with van der Waals surface area (Å²) in [5.41, 5.74) is 5.46. The van der Waals surface area contributed by atoms with Crippen LogP contribution in [0.3, 0.4) is 0 Å². The SMILES string of the molecule is CC(C)(C)OC(=O)N1CCN(CC2CCOC2)C(CN)C1. The molecule has 21 heavy (non-hydrogen) atoms. The van der Waals surface area contributed by atoms with Gasteiger partial charge in [-0.05, 0) is 33.1 Å². The van der Waals surface area contributed by atoms with E-state index < -0.39 is 5.60 Å². The first-order valence-electron chi connectivity index (χ1n) is 7.89. The normalized spacial score (nSPS) is 27.9. The Morgan fingerprint density at radius 3 is 2.71 bits per heavy atom. The molecule has 0 aromatic heterocycles. The van der Waals surface area contributed by atoms with E-state index in [2.05, 4.69) is 4.90 Å². The maximum Gasteiger partial charge on any atom is 0.410 e.